The van der Waals surface area contributed by atoms with Crippen LogP contribution in [0.25, 0.3) is 0 Å². The summed E-state index contributed by atoms with van der Waals surface area (Å²) in [7, 11) is 0. The Bertz CT molecular complexity index is 946. The van der Waals surface area contributed by atoms with Crippen molar-refractivity contribution in [2.75, 3.05) is 5.43 Å². The Hall–Kier alpha value is -3.98. The number of amides is 3. The number of carbonyl (C=O) groups is 5. The number of benzene rings is 1. The smallest absolute Gasteiger partial charge is 0.418 e. The van der Waals surface area contributed by atoms with Crippen molar-refractivity contribution in [1.29, 1.82) is 0 Å². The lowest BCUT2D eigenvalue weighted by Gasteiger charge is -2.21. The molecule has 1 aliphatic rings. The molecule has 1 fully saturated rings. The highest BCUT2D eigenvalue weighted by Crippen LogP contribution is 2.22. The number of imide groups is 1. The fraction of sp³-hybridized carbons (Fsp3) is 0.333. The van der Waals surface area contributed by atoms with Gasteiger partial charge in [-0.2, -0.15) is 0 Å². The molecule has 0 unspecified atom stereocenters. The second kappa shape index (κ2) is 11.6. The van der Waals surface area contributed by atoms with Gasteiger partial charge in [0.15, 0.2) is 5.11 Å². The lowest BCUT2D eigenvalue weighted by Crippen LogP contribution is -2.34. The number of esters is 1. The minimum Gasteiger partial charge on any atom is -0.464 e. The normalized spacial score (nSPS) is 12.8. The topological polar surface area (TPSA) is 215 Å². The second-order valence-electron chi connectivity index (χ2n) is 7.29. The number of nitrogens with two attached hydrogens (primary N) is 2. The number of hydroxylamine groups is 2. The second-order valence-corrected chi connectivity index (χ2v) is 7.73. The van der Waals surface area contributed by atoms with E-state index in [0.29, 0.717) is 10.8 Å². The van der Waals surface area contributed by atoms with Gasteiger partial charge in [0, 0.05) is 12.8 Å². The van der Waals surface area contributed by atoms with Crippen LogP contribution in [0.5, 0.6) is 0 Å². The van der Waals surface area contributed by atoms with Gasteiger partial charge in [0.05, 0.1) is 16.8 Å². The Morgan fingerprint density at radius 3 is 2.09 bits per heavy atom. The third-order valence-corrected chi connectivity index (χ3v) is 3.59. The van der Waals surface area contributed by atoms with Crippen LogP contribution in [0, 0.1) is 0 Å². The van der Waals surface area contributed by atoms with E-state index in [1.807, 2.05) is 0 Å². The molecule has 180 valence electrons. The molecule has 0 spiro atoms. The first-order chi connectivity index (χ1) is 15.2. The molecule has 0 bridgehead atoms. The molecule has 0 radical (unpaired) electrons. The minimum absolute atomic E-state index is 0.0339. The number of ether oxygens (including phenoxy) is 1. The van der Waals surface area contributed by atoms with Crippen molar-refractivity contribution in [3.63, 3.8) is 0 Å². The lowest BCUT2D eigenvalue weighted by atomic mass is 10.1. The predicted octanol–water partition coefficient (Wildman–Crippen LogP) is 0.151. The zero-order valence-electron chi connectivity index (χ0n) is 18.0. The van der Waals surface area contributed by atoms with Crippen molar-refractivity contribution in [2.24, 2.45) is 11.6 Å². The maximum Gasteiger partial charge on any atom is 0.418 e. The van der Waals surface area contributed by atoms with E-state index in [-0.39, 0.29) is 29.1 Å². The molecule has 1 aromatic carbocycles. The lowest BCUT2D eigenvalue weighted by molar-refractivity contribution is -0.172. The van der Waals surface area contributed by atoms with Crippen molar-refractivity contribution in [2.45, 2.75) is 39.2 Å². The van der Waals surface area contributed by atoms with Gasteiger partial charge in [0.25, 0.3) is 11.8 Å². The summed E-state index contributed by atoms with van der Waals surface area (Å²) in [6.07, 6.45) is -1.30. The van der Waals surface area contributed by atoms with Crippen LogP contribution in [0.15, 0.2) is 18.2 Å². The molecule has 1 aromatic rings. The standard InChI is InChI=1S/C17H20N4O6S.CH4N2O2/c1-17(2,3)26-14(24)11-8-9(19-20-16(18)28)4-5-10(11)15(25)27-21-12(22)6-7-13(21)23;2-3-1(4)5/h4-5,8,19H,6-7H2,1-3H3,(H3,18,20,28);3H,2H2,(H,4,5). The van der Waals surface area contributed by atoms with E-state index in [1.54, 1.807) is 20.8 Å². The Morgan fingerprint density at radius 1 is 1.09 bits per heavy atom. The predicted molar refractivity (Wildman–Crippen MR) is 117 cm³/mol. The summed E-state index contributed by atoms with van der Waals surface area (Å²) < 4.78 is 5.31. The molecule has 0 atom stereocenters. The number of carboxylic acid groups (broad SMARTS) is 1. The summed E-state index contributed by atoms with van der Waals surface area (Å²) in [5, 5.41) is 7.86. The Kier molecular flexibility index (Phi) is 9.50. The molecule has 33 heavy (non-hydrogen) atoms. The van der Waals surface area contributed by atoms with Gasteiger partial charge in [0.2, 0.25) is 0 Å². The van der Waals surface area contributed by atoms with Crippen LogP contribution in [0.1, 0.15) is 54.3 Å². The first-order valence-electron chi connectivity index (χ1n) is 9.21. The number of nitrogens with zero attached hydrogens (tertiary/aromatic N) is 1. The molecule has 3 amide bonds. The van der Waals surface area contributed by atoms with Crippen LogP contribution < -0.4 is 27.9 Å². The van der Waals surface area contributed by atoms with Gasteiger partial charge in [-0.25, -0.2) is 20.2 Å². The number of nitrogens with one attached hydrogen (secondary N) is 3. The van der Waals surface area contributed by atoms with Crippen LogP contribution in [-0.4, -0.2) is 50.7 Å². The van der Waals surface area contributed by atoms with Crippen molar-refractivity contribution in [3.05, 3.63) is 29.3 Å². The van der Waals surface area contributed by atoms with E-state index in [0.717, 1.165) is 0 Å². The van der Waals surface area contributed by atoms with Crippen molar-refractivity contribution in [1.82, 2.24) is 15.9 Å². The summed E-state index contributed by atoms with van der Waals surface area (Å²) in [5.74, 6) is 1.23. The van der Waals surface area contributed by atoms with Gasteiger partial charge in [0.1, 0.15) is 5.60 Å². The molecule has 0 aromatic heterocycles. The quantitative estimate of drug-likeness (QED) is 0.0820. The molecule has 1 aliphatic heterocycles. The van der Waals surface area contributed by atoms with Crippen LogP contribution in [-0.2, 0) is 19.2 Å². The minimum atomic E-state index is -1.22. The number of thiocarbonyl (C=S) groups is 1. The molecular formula is C18H24N6O8S. The van der Waals surface area contributed by atoms with Crippen LogP contribution >= 0.6 is 12.2 Å². The van der Waals surface area contributed by atoms with Gasteiger partial charge in [-0.1, -0.05) is 0 Å². The number of hydrogen-bond donors (Lipinski definition) is 6. The molecule has 1 heterocycles. The van der Waals surface area contributed by atoms with Crippen LogP contribution in [0.4, 0.5) is 10.5 Å². The zero-order chi connectivity index (χ0) is 25.3. The molecule has 8 N–H and O–H groups in total. The first-order valence-corrected chi connectivity index (χ1v) is 9.62. The van der Waals surface area contributed by atoms with Gasteiger partial charge in [-0.05, 0) is 51.2 Å². The number of anilines is 1. The monoisotopic (exact) mass is 484 g/mol. The largest absolute Gasteiger partial charge is 0.464 e. The van der Waals surface area contributed by atoms with Gasteiger partial charge in [-0.15, -0.1) is 5.06 Å². The molecule has 15 heteroatoms. The average molecular weight is 484 g/mol. The van der Waals surface area contributed by atoms with E-state index in [1.165, 1.54) is 23.6 Å². The van der Waals surface area contributed by atoms with E-state index in [2.05, 4.69) is 28.9 Å². The summed E-state index contributed by atoms with van der Waals surface area (Å²) in [6.45, 7) is 5.00. The van der Waals surface area contributed by atoms with Crippen molar-refractivity contribution in [3.8, 4) is 0 Å². The third-order valence-electron chi connectivity index (χ3n) is 3.49. The highest BCUT2D eigenvalue weighted by Gasteiger charge is 2.34. The fourth-order valence-corrected chi connectivity index (χ4v) is 2.28. The fourth-order valence-electron chi connectivity index (χ4n) is 2.23. The van der Waals surface area contributed by atoms with E-state index in [9.17, 15) is 19.2 Å². The van der Waals surface area contributed by atoms with Gasteiger partial charge in [-0.3, -0.25) is 25.9 Å². The maximum atomic E-state index is 12.6. The van der Waals surface area contributed by atoms with E-state index in [4.69, 9.17) is 25.2 Å². The Labute approximate surface area is 193 Å². The van der Waals surface area contributed by atoms with Gasteiger partial charge >= 0.3 is 18.0 Å². The third kappa shape index (κ3) is 8.96. The van der Waals surface area contributed by atoms with Crippen molar-refractivity contribution < 1.29 is 38.7 Å². The Morgan fingerprint density at radius 2 is 1.64 bits per heavy atom. The number of rotatable bonds is 5. The SMILES string of the molecule is CC(C)(C)OC(=O)c1cc(NNC(N)=S)ccc1C(=O)ON1C(=O)CCC1=O.NNC(=O)O. The molecule has 1 saturated heterocycles. The van der Waals surface area contributed by atoms with E-state index < -0.39 is 35.4 Å². The molecule has 0 saturated carbocycles. The molecule has 2 rings (SSSR count). The van der Waals surface area contributed by atoms with Crippen molar-refractivity contribution >= 4 is 52.9 Å². The highest BCUT2D eigenvalue weighted by molar-refractivity contribution is 7.80. The summed E-state index contributed by atoms with van der Waals surface area (Å²) in [4.78, 5) is 62.4. The summed E-state index contributed by atoms with van der Waals surface area (Å²) in [6, 6.07) is 4.06. The number of carbonyl (C=O) groups excluding carboxylic acids is 4. The summed E-state index contributed by atoms with van der Waals surface area (Å²) in [5.41, 5.74) is 11.2. The average Bonchev–Trinajstić information content (AvgIpc) is 3.03. The molecular weight excluding hydrogens is 460 g/mol. The van der Waals surface area contributed by atoms with Gasteiger partial charge < -0.3 is 20.4 Å². The molecule has 0 aliphatic carbocycles. The summed E-state index contributed by atoms with van der Waals surface area (Å²) >= 11 is 4.69. The Balaban J connectivity index is 0.000000981. The zero-order valence-corrected chi connectivity index (χ0v) is 18.8. The van der Waals surface area contributed by atoms with Crippen LogP contribution in [0.2, 0.25) is 0 Å². The maximum absolute atomic E-state index is 12.6. The van der Waals surface area contributed by atoms with Crippen LogP contribution in [0.3, 0.4) is 0 Å². The number of hydrazine groups is 2. The first kappa shape index (κ1) is 27.1. The highest BCUT2D eigenvalue weighted by atomic mass is 32.1. The van der Waals surface area contributed by atoms with E-state index >= 15 is 0 Å². The number of hydrogen-bond acceptors (Lipinski definition) is 10. The molecule has 14 nitrogen and oxygen atoms in total.